The number of nitrogens with one attached hydrogen (secondary N) is 1. The Morgan fingerprint density at radius 3 is 2.82 bits per heavy atom. The minimum Gasteiger partial charge on any atom is -0.267 e. The van der Waals surface area contributed by atoms with Gasteiger partial charge in [-0.2, -0.15) is 5.10 Å². The summed E-state index contributed by atoms with van der Waals surface area (Å²) in [6.45, 7) is 0. The summed E-state index contributed by atoms with van der Waals surface area (Å²) in [5.41, 5.74) is 4.44. The van der Waals surface area contributed by atoms with Crippen molar-refractivity contribution in [3.05, 3.63) is 30.1 Å². The van der Waals surface area contributed by atoms with Gasteiger partial charge in [-0.3, -0.25) is 9.78 Å². The SMILES string of the molecule is O=C(N/N=C1\CC2CCC1C2)c1ccncc1. The summed E-state index contributed by atoms with van der Waals surface area (Å²) in [6.07, 6.45) is 8.14. The van der Waals surface area contributed by atoms with E-state index in [1.54, 1.807) is 24.5 Å². The third-order valence-corrected chi connectivity index (χ3v) is 3.75. The molecular weight excluding hydrogens is 214 g/mol. The van der Waals surface area contributed by atoms with Crippen LogP contribution < -0.4 is 5.43 Å². The van der Waals surface area contributed by atoms with E-state index in [0.717, 1.165) is 12.3 Å². The number of carbonyl (C=O) groups excluding carboxylic acids is 1. The molecule has 1 aromatic heterocycles. The molecule has 2 bridgehead atoms. The van der Waals surface area contributed by atoms with Crippen molar-refractivity contribution in [2.75, 3.05) is 0 Å². The molecule has 88 valence electrons. The largest absolute Gasteiger partial charge is 0.271 e. The lowest BCUT2D eigenvalue weighted by Crippen LogP contribution is -2.21. The zero-order valence-corrected chi connectivity index (χ0v) is 9.60. The van der Waals surface area contributed by atoms with Crippen molar-refractivity contribution in [2.45, 2.75) is 25.7 Å². The lowest BCUT2D eigenvalue weighted by atomic mass is 9.99. The molecule has 1 N–H and O–H groups in total. The monoisotopic (exact) mass is 229 g/mol. The van der Waals surface area contributed by atoms with Gasteiger partial charge in [0, 0.05) is 23.7 Å². The van der Waals surface area contributed by atoms with Gasteiger partial charge in [-0.1, -0.05) is 0 Å². The predicted octanol–water partition coefficient (Wildman–Crippen LogP) is 1.99. The van der Waals surface area contributed by atoms with Crippen LogP contribution in [0.2, 0.25) is 0 Å². The molecule has 2 saturated carbocycles. The van der Waals surface area contributed by atoms with Gasteiger partial charge in [0.25, 0.3) is 5.91 Å². The van der Waals surface area contributed by atoms with Crippen molar-refractivity contribution in [3.63, 3.8) is 0 Å². The van der Waals surface area contributed by atoms with Gasteiger partial charge in [-0.05, 0) is 49.7 Å². The average Bonchev–Trinajstić information content (AvgIpc) is 2.99. The number of hydrogen-bond donors (Lipinski definition) is 1. The van der Waals surface area contributed by atoms with Gasteiger partial charge in [0.2, 0.25) is 0 Å². The third kappa shape index (κ3) is 2.07. The van der Waals surface area contributed by atoms with Crippen molar-refractivity contribution < 1.29 is 4.79 Å². The van der Waals surface area contributed by atoms with E-state index in [-0.39, 0.29) is 5.91 Å². The van der Waals surface area contributed by atoms with Gasteiger partial charge in [0.1, 0.15) is 0 Å². The van der Waals surface area contributed by atoms with Crippen LogP contribution in [-0.4, -0.2) is 16.6 Å². The molecule has 17 heavy (non-hydrogen) atoms. The fourth-order valence-electron chi connectivity index (χ4n) is 2.85. The van der Waals surface area contributed by atoms with Crippen molar-refractivity contribution in [3.8, 4) is 0 Å². The van der Waals surface area contributed by atoms with Crippen LogP contribution in [0.3, 0.4) is 0 Å². The quantitative estimate of drug-likeness (QED) is 0.788. The Hall–Kier alpha value is -1.71. The Labute approximate surface area is 100 Å². The standard InChI is InChI=1S/C13H15N3O/c17-13(10-3-5-14-6-4-10)16-15-12-8-9-1-2-11(12)7-9/h3-6,9,11H,1-2,7-8H2,(H,16,17)/b15-12+. The maximum absolute atomic E-state index is 11.8. The van der Waals surface area contributed by atoms with E-state index < -0.39 is 0 Å². The van der Waals surface area contributed by atoms with E-state index in [4.69, 9.17) is 0 Å². The minimum absolute atomic E-state index is 0.150. The number of hydrogen-bond acceptors (Lipinski definition) is 3. The zero-order chi connectivity index (χ0) is 11.7. The van der Waals surface area contributed by atoms with Gasteiger partial charge in [-0.15, -0.1) is 0 Å². The van der Waals surface area contributed by atoms with E-state index in [1.165, 1.54) is 25.0 Å². The van der Waals surface area contributed by atoms with E-state index in [1.807, 2.05) is 0 Å². The fourth-order valence-corrected chi connectivity index (χ4v) is 2.85. The topological polar surface area (TPSA) is 54.4 Å². The van der Waals surface area contributed by atoms with E-state index in [0.29, 0.717) is 11.5 Å². The Morgan fingerprint density at radius 2 is 2.18 bits per heavy atom. The highest BCUT2D eigenvalue weighted by atomic mass is 16.2. The number of pyridine rings is 1. The molecule has 0 saturated heterocycles. The minimum atomic E-state index is -0.150. The Morgan fingerprint density at radius 1 is 1.35 bits per heavy atom. The van der Waals surface area contributed by atoms with Crippen LogP contribution in [0.1, 0.15) is 36.0 Å². The number of carbonyl (C=O) groups is 1. The first kappa shape index (κ1) is 10.4. The van der Waals surface area contributed by atoms with Crippen molar-refractivity contribution >= 4 is 11.6 Å². The third-order valence-electron chi connectivity index (χ3n) is 3.75. The van der Waals surface area contributed by atoms with Gasteiger partial charge >= 0.3 is 0 Å². The molecule has 3 rings (SSSR count). The second-order valence-electron chi connectivity index (χ2n) is 4.86. The highest BCUT2D eigenvalue weighted by molar-refractivity contribution is 5.96. The van der Waals surface area contributed by atoms with Crippen LogP contribution in [-0.2, 0) is 0 Å². The number of rotatable bonds is 2. The second kappa shape index (κ2) is 4.28. The molecule has 1 aromatic rings. The van der Waals surface area contributed by atoms with Crippen molar-refractivity contribution in [1.82, 2.24) is 10.4 Å². The van der Waals surface area contributed by atoms with Crippen LogP contribution in [0.15, 0.2) is 29.6 Å². The predicted molar refractivity (Wildman–Crippen MR) is 64.6 cm³/mol. The summed E-state index contributed by atoms with van der Waals surface area (Å²) in [4.78, 5) is 15.6. The molecule has 0 aromatic carbocycles. The molecule has 2 unspecified atom stereocenters. The maximum Gasteiger partial charge on any atom is 0.271 e. The second-order valence-corrected chi connectivity index (χ2v) is 4.86. The highest BCUT2D eigenvalue weighted by Gasteiger charge is 2.36. The van der Waals surface area contributed by atoms with Crippen LogP contribution >= 0.6 is 0 Å². The summed E-state index contributed by atoms with van der Waals surface area (Å²) < 4.78 is 0. The zero-order valence-electron chi connectivity index (χ0n) is 9.60. The molecule has 4 heteroatoms. The first-order chi connectivity index (χ1) is 8.33. The lowest BCUT2D eigenvalue weighted by molar-refractivity contribution is 0.0954. The van der Waals surface area contributed by atoms with Gasteiger partial charge in [0.05, 0.1) is 0 Å². The average molecular weight is 229 g/mol. The molecule has 2 atom stereocenters. The van der Waals surface area contributed by atoms with Crippen LogP contribution in [0, 0.1) is 11.8 Å². The molecule has 2 fully saturated rings. The molecule has 0 aliphatic heterocycles. The summed E-state index contributed by atoms with van der Waals surface area (Å²) in [5, 5.41) is 4.28. The van der Waals surface area contributed by atoms with Crippen LogP contribution in [0.5, 0.6) is 0 Å². The van der Waals surface area contributed by atoms with Crippen LogP contribution in [0.4, 0.5) is 0 Å². The Balaban J connectivity index is 1.65. The smallest absolute Gasteiger partial charge is 0.267 e. The van der Waals surface area contributed by atoms with Crippen LogP contribution in [0.25, 0.3) is 0 Å². The molecule has 2 aliphatic carbocycles. The summed E-state index contributed by atoms with van der Waals surface area (Å²) in [5.74, 6) is 1.29. The number of nitrogens with zero attached hydrogens (tertiary/aromatic N) is 2. The van der Waals surface area contributed by atoms with Gasteiger partial charge in [-0.25, -0.2) is 5.43 Å². The number of amides is 1. The first-order valence-corrected chi connectivity index (χ1v) is 6.10. The molecule has 1 heterocycles. The molecular formula is C13H15N3O. The fraction of sp³-hybridized carbons (Fsp3) is 0.462. The maximum atomic E-state index is 11.8. The molecule has 4 nitrogen and oxygen atoms in total. The Kier molecular flexibility index (Phi) is 2.63. The van der Waals surface area contributed by atoms with E-state index in [9.17, 15) is 4.79 Å². The molecule has 0 radical (unpaired) electrons. The highest BCUT2D eigenvalue weighted by Crippen LogP contribution is 2.42. The van der Waals surface area contributed by atoms with Crippen molar-refractivity contribution in [1.29, 1.82) is 0 Å². The molecule has 2 aliphatic rings. The Bertz CT molecular complexity index is 455. The molecule has 1 amide bonds. The summed E-state index contributed by atoms with van der Waals surface area (Å²) in [6, 6.07) is 3.38. The number of aromatic nitrogens is 1. The van der Waals surface area contributed by atoms with Gasteiger partial charge < -0.3 is 0 Å². The van der Waals surface area contributed by atoms with E-state index >= 15 is 0 Å². The summed E-state index contributed by atoms with van der Waals surface area (Å²) >= 11 is 0. The summed E-state index contributed by atoms with van der Waals surface area (Å²) in [7, 11) is 0. The first-order valence-electron chi connectivity index (χ1n) is 6.10. The van der Waals surface area contributed by atoms with Gasteiger partial charge in [0.15, 0.2) is 0 Å². The van der Waals surface area contributed by atoms with E-state index in [2.05, 4.69) is 15.5 Å². The lowest BCUT2D eigenvalue weighted by Gasteiger charge is -2.11. The number of fused-ring (bicyclic) bond motifs is 2. The normalized spacial score (nSPS) is 28.6. The molecule has 0 spiro atoms. The number of hydrazone groups is 1. The van der Waals surface area contributed by atoms with Crippen molar-refractivity contribution in [2.24, 2.45) is 16.9 Å².